The summed E-state index contributed by atoms with van der Waals surface area (Å²) >= 11 is 6.04. The van der Waals surface area contributed by atoms with Crippen molar-refractivity contribution >= 4 is 44.8 Å². The maximum absolute atomic E-state index is 12.9. The fourth-order valence-electron chi connectivity index (χ4n) is 4.78. The van der Waals surface area contributed by atoms with E-state index in [0.29, 0.717) is 41.6 Å². The van der Waals surface area contributed by atoms with Crippen LogP contribution in [0.3, 0.4) is 0 Å². The monoisotopic (exact) mass is 568 g/mol. The molecule has 1 atom stereocenters. The van der Waals surface area contributed by atoms with Gasteiger partial charge in [-0.3, -0.25) is 9.59 Å². The minimum absolute atomic E-state index is 0.0120. The van der Waals surface area contributed by atoms with Crippen molar-refractivity contribution in [2.75, 3.05) is 29.6 Å². The molecule has 4 rings (SSSR count). The lowest BCUT2D eigenvalue weighted by Gasteiger charge is -2.34. The van der Waals surface area contributed by atoms with Crippen molar-refractivity contribution in [1.29, 1.82) is 0 Å². The molecule has 0 bridgehead atoms. The molecule has 1 saturated heterocycles. The van der Waals surface area contributed by atoms with Crippen molar-refractivity contribution in [1.82, 2.24) is 10.3 Å². The highest BCUT2D eigenvalue weighted by Crippen LogP contribution is 2.31. The van der Waals surface area contributed by atoms with Gasteiger partial charge >= 0.3 is 0 Å². The first kappa shape index (κ1) is 28.6. The number of pyridine rings is 1. The third-order valence-corrected chi connectivity index (χ3v) is 8.25. The molecule has 0 radical (unpaired) electrons. The lowest BCUT2D eigenvalue weighted by atomic mass is 9.92. The van der Waals surface area contributed by atoms with E-state index >= 15 is 0 Å². The zero-order chi connectivity index (χ0) is 28.0. The van der Waals surface area contributed by atoms with Crippen LogP contribution in [0, 0.1) is 5.92 Å². The zero-order valence-electron chi connectivity index (χ0n) is 22.1. The van der Waals surface area contributed by atoms with Crippen LogP contribution in [0.15, 0.2) is 71.8 Å². The molecule has 2 amide bonds. The van der Waals surface area contributed by atoms with Gasteiger partial charge in [0.1, 0.15) is 0 Å². The molecule has 0 saturated carbocycles. The Morgan fingerprint density at radius 1 is 1.08 bits per heavy atom. The summed E-state index contributed by atoms with van der Waals surface area (Å²) in [5.74, 6) is 0.334. The molecule has 0 aliphatic carbocycles. The zero-order valence-corrected chi connectivity index (χ0v) is 23.6. The molecule has 2 aromatic carbocycles. The number of nitrogens with one attached hydrogen (secondary N) is 2. The fraction of sp³-hybridized carbons (Fsp3) is 0.345. The number of halogens is 1. The largest absolute Gasteiger partial charge is 0.355 e. The van der Waals surface area contributed by atoms with Crippen LogP contribution in [-0.4, -0.2) is 44.6 Å². The van der Waals surface area contributed by atoms with Crippen molar-refractivity contribution in [3.05, 3.63) is 83.0 Å². The fourth-order valence-corrected chi connectivity index (χ4v) is 5.55. The quantitative estimate of drug-likeness (QED) is 0.364. The van der Waals surface area contributed by atoms with Gasteiger partial charge in [-0.15, -0.1) is 0 Å². The summed E-state index contributed by atoms with van der Waals surface area (Å²) in [5, 5.41) is 6.41. The van der Waals surface area contributed by atoms with Crippen LogP contribution in [0.1, 0.15) is 54.6 Å². The number of anilines is 2. The molecular formula is C29H33ClN4O4S. The number of sulfone groups is 1. The van der Waals surface area contributed by atoms with Gasteiger partial charge < -0.3 is 15.5 Å². The summed E-state index contributed by atoms with van der Waals surface area (Å²) in [6, 6.07) is 17.9. The second-order valence-corrected chi connectivity index (χ2v) is 12.3. The first-order valence-corrected chi connectivity index (χ1v) is 15.3. The van der Waals surface area contributed by atoms with Crippen molar-refractivity contribution < 1.29 is 18.0 Å². The van der Waals surface area contributed by atoms with E-state index in [1.54, 1.807) is 24.3 Å². The van der Waals surface area contributed by atoms with Gasteiger partial charge in [-0.05, 0) is 55.0 Å². The minimum Gasteiger partial charge on any atom is -0.355 e. The molecular weight excluding hydrogens is 536 g/mol. The number of rotatable bonds is 9. The average molecular weight is 569 g/mol. The summed E-state index contributed by atoms with van der Waals surface area (Å²) < 4.78 is 24.4. The maximum Gasteiger partial charge on any atom is 0.255 e. The summed E-state index contributed by atoms with van der Waals surface area (Å²) in [6.45, 7) is 3.30. The molecule has 1 aliphatic heterocycles. The molecule has 2 heterocycles. The Morgan fingerprint density at radius 3 is 2.44 bits per heavy atom. The number of piperidine rings is 1. The predicted octanol–water partition coefficient (Wildman–Crippen LogP) is 5.26. The predicted molar refractivity (Wildman–Crippen MR) is 154 cm³/mol. The van der Waals surface area contributed by atoms with Gasteiger partial charge in [-0.2, -0.15) is 0 Å². The Bertz CT molecular complexity index is 1420. The van der Waals surface area contributed by atoms with E-state index < -0.39 is 15.7 Å². The van der Waals surface area contributed by atoms with Crippen molar-refractivity contribution in [3.8, 4) is 0 Å². The molecule has 0 unspecified atom stereocenters. The Hall–Kier alpha value is -3.43. The molecule has 1 aromatic heterocycles. The Kier molecular flexibility index (Phi) is 9.24. The number of benzene rings is 2. The summed E-state index contributed by atoms with van der Waals surface area (Å²) in [5.41, 5.74) is 1.76. The molecule has 3 aromatic rings. The standard InChI is InChI=1S/C29H33ClN4O4S/c1-3-25(21-8-5-4-6-9-21)32-27(35)16-20-12-14-34(15-13-20)28-26(18-24(19-31-28)39(2,37)38)33-29(36)22-10-7-11-23(30)17-22/h4-11,17-20,25H,3,12-16H2,1-2H3,(H,32,35)(H,33,36)/t25-/m1/s1. The van der Waals surface area contributed by atoms with Gasteiger partial charge in [0.15, 0.2) is 15.7 Å². The highest BCUT2D eigenvalue weighted by Gasteiger charge is 2.26. The molecule has 2 N–H and O–H groups in total. The van der Waals surface area contributed by atoms with E-state index in [-0.39, 0.29) is 22.8 Å². The van der Waals surface area contributed by atoms with Crippen LogP contribution >= 0.6 is 11.6 Å². The van der Waals surface area contributed by atoms with E-state index in [0.717, 1.165) is 31.1 Å². The first-order chi connectivity index (χ1) is 18.6. The van der Waals surface area contributed by atoms with Crippen LogP contribution in [0.25, 0.3) is 0 Å². The molecule has 39 heavy (non-hydrogen) atoms. The van der Waals surface area contributed by atoms with Crippen LogP contribution in [0.2, 0.25) is 5.02 Å². The summed E-state index contributed by atoms with van der Waals surface area (Å²) in [4.78, 5) is 32.2. The van der Waals surface area contributed by atoms with Crippen LogP contribution in [0.4, 0.5) is 11.5 Å². The molecule has 0 spiro atoms. The van der Waals surface area contributed by atoms with Crippen molar-refractivity contribution in [3.63, 3.8) is 0 Å². The topological polar surface area (TPSA) is 108 Å². The van der Waals surface area contributed by atoms with Crippen LogP contribution < -0.4 is 15.5 Å². The lowest BCUT2D eigenvalue weighted by molar-refractivity contribution is -0.123. The van der Waals surface area contributed by atoms with Gasteiger partial charge in [-0.1, -0.05) is 54.9 Å². The Labute approximate surface area is 234 Å². The molecule has 206 valence electrons. The second-order valence-electron chi connectivity index (χ2n) is 9.85. The number of nitrogens with zero attached hydrogens (tertiary/aromatic N) is 2. The van der Waals surface area contributed by atoms with Crippen molar-refractivity contribution in [2.45, 2.75) is 43.5 Å². The van der Waals surface area contributed by atoms with Crippen molar-refractivity contribution in [2.24, 2.45) is 5.92 Å². The molecule has 1 aliphatic rings. The smallest absolute Gasteiger partial charge is 0.255 e. The van der Waals surface area contributed by atoms with Gasteiger partial charge in [0.25, 0.3) is 5.91 Å². The first-order valence-electron chi connectivity index (χ1n) is 13.0. The van der Waals surface area contributed by atoms with Gasteiger partial charge in [0.05, 0.1) is 16.6 Å². The third-order valence-electron chi connectivity index (χ3n) is 6.94. The number of carbonyl (C=O) groups is 2. The summed E-state index contributed by atoms with van der Waals surface area (Å²) in [6.07, 6.45) is 5.21. The van der Waals surface area contributed by atoms with E-state index in [9.17, 15) is 18.0 Å². The van der Waals surface area contributed by atoms with E-state index in [2.05, 4.69) is 22.5 Å². The Morgan fingerprint density at radius 2 is 1.79 bits per heavy atom. The molecule has 10 heteroatoms. The number of hydrogen-bond acceptors (Lipinski definition) is 6. The highest BCUT2D eigenvalue weighted by molar-refractivity contribution is 7.90. The maximum atomic E-state index is 12.9. The number of aromatic nitrogens is 1. The average Bonchev–Trinajstić information content (AvgIpc) is 2.92. The number of amides is 2. The molecule has 8 nitrogen and oxygen atoms in total. The van der Waals surface area contributed by atoms with E-state index in [4.69, 9.17) is 11.6 Å². The van der Waals surface area contributed by atoms with Gasteiger partial charge in [0, 0.05) is 42.5 Å². The molecule has 1 fully saturated rings. The number of hydrogen-bond donors (Lipinski definition) is 2. The lowest BCUT2D eigenvalue weighted by Crippen LogP contribution is -2.37. The third kappa shape index (κ3) is 7.58. The van der Waals surface area contributed by atoms with Gasteiger partial charge in [-0.25, -0.2) is 13.4 Å². The highest BCUT2D eigenvalue weighted by atomic mass is 35.5. The minimum atomic E-state index is -3.53. The van der Waals surface area contributed by atoms with Crippen LogP contribution in [-0.2, 0) is 14.6 Å². The van der Waals surface area contributed by atoms with Crippen LogP contribution in [0.5, 0.6) is 0 Å². The Balaban J connectivity index is 1.43. The second kappa shape index (κ2) is 12.6. The van der Waals surface area contributed by atoms with E-state index in [1.807, 2.05) is 35.2 Å². The normalized spacial score (nSPS) is 15.0. The number of carbonyl (C=O) groups excluding carboxylic acids is 2. The summed E-state index contributed by atoms with van der Waals surface area (Å²) in [7, 11) is -3.53. The van der Waals surface area contributed by atoms with Gasteiger partial charge in [0.2, 0.25) is 5.91 Å². The van der Waals surface area contributed by atoms with E-state index in [1.165, 1.54) is 12.3 Å². The SMILES string of the molecule is CC[C@@H](NC(=O)CC1CCN(c2ncc(S(C)(=O)=O)cc2NC(=O)c2cccc(Cl)c2)CC1)c1ccccc1.